The molecule has 3 rings (SSSR count). The number of halogens is 3. The minimum atomic E-state index is -5.07. The van der Waals surface area contributed by atoms with E-state index in [-0.39, 0.29) is 16.3 Å². The number of amides is 1. The van der Waals surface area contributed by atoms with E-state index in [9.17, 15) is 23.1 Å². The molecule has 8 heteroatoms. The maximum absolute atomic E-state index is 13.5. The summed E-state index contributed by atoms with van der Waals surface area (Å²) in [5.41, 5.74) is -2.18. The van der Waals surface area contributed by atoms with E-state index in [1.54, 1.807) is 24.3 Å². The van der Waals surface area contributed by atoms with Gasteiger partial charge in [0, 0.05) is 12.4 Å². The van der Waals surface area contributed by atoms with Crippen LogP contribution in [0.15, 0.2) is 53.9 Å². The maximum atomic E-state index is 13.5. The Hall–Kier alpha value is -2.74. The molecule has 1 atom stereocenters. The Morgan fingerprint density at radius 1 is 1.24 bits per heavy atom. The number of aliphatic hydroxyl groups is 1. The molecule has 0 radical (unpaired) electrons. The van der Waals surface area contributed by atoms with Crippen molar-refractivity contribution in [1.82, 2.24) is 9.99 Å². The molecule has 1 aliphatic rings. The average molecular weight is 349 g/mol. The van der Waals surface area contributed by atoms with Gasteiger partial charge in [-0.2, -0.15) is 23.3 Å². The summed E-state index contributed by atoms with van der Waals surface area (Å²) in [5, 5.41) is 14.1. The molecule has 1 aromatic carbocycles. The summed E-state index contributed by atoms with van der Waals surface area (Å²) in [5.74, 6) is -1.07. The molecule has 0 bridgehead atoms. The van der Waals surface area contributed by atoms with E-state index >= 15 is 0 Å². The Morgan fingerprint density at radius 2 is 1.92 bits per heavy atom. The predicted octanol–water partition coefficient (Wildman–Crippen LogP) is 2.89. The van der Waals surface area contributed by atoms with E-state index in [1.165, 1.54) is 18.3 Å². The second-order valence-electron chi connectivity index (χ2n) is 5.76. The molecule has 0 saturated carbocycles. The van der Waals surface area contributed by atoms with E-state index in [2.05, 4.69) is 10.1 Å². The minimum absolute atomic E-state index is 0.0166. The Morgan fingerprint density at radius 3 is 2.48 bits per heavy atom. The Kier molecular flexibility index (Phi) is 4.08. The molecule has 0 fully saturated rings. The first kappa shape index (κ1) is 17.1. The molecule has 2 heterocycles. The van der Waals surface area contributed by atoms with Gasteiger partial charge in [-0.1, -0.05) is 29.8 Å². The van der Waals surface area contributed by atoms with Crippen molar-refractivity contribution in [2.75, 3.05) is 0 Å². The van der Waals surface area contributed by atoms with Crippen LogP contribution < -0.4 is 0 Å². The summed E-state index contributed by atoms with van der Waals surface area (Å²) in [6, 6.07) is 9.37. The molecule has 1 amide bonds. The number of hydrogen-bond acceptors (Lipinski definition) is 4. The third-order valence-corrected chi connectivity index (χ3v) is 3.92. The van der Waals surface area contributed by atoms with Crippen molar-refractivity contribution in [1.29, 1.82) is 0 Å². The Balaban J connectivity index is 2.04. The highest BCUT2D eigenvalue weighted by Gasteiger charge is 2.63. The summed E-state index contributed by atoms with van der Waals surface area (Å²) in [4.78, 5) is 16.2. The van der Waals surface area contributed by atoms with Crippen LogP contribution in [0.2, 0.25) is 0 Å². The van der Waals surface area contributed by atoms with Gasteiger partial charge in [-0.05, 0) is 24.6 Å². The predicted molar refractivity (Wildman–Crippen MR) is 83.7 cm³/mol. The summed E-state index contributed by atoms with van der Waals surface area (Å²) in [6.45, 7) is 1.84. The van der Waals surface area contributed by atoms with Crippen LogP contribution in [0.3, 0.4) is 0 Å². The standard InChI is InChI=1S/C17H14F3N3O2/c1-11-4-6-12(7-5-11)14-9-16(25,17(18,19)20)23(22-14)15(24)13-3-2-8-21-10-13/h2-8,10,25H,9H2,1H3/t16-/m0/s1. The van der Waals surface area contributed by atoms with Gasteiger partial charge < -0.3 is 5.11 Å². The molecular weight excluding hydrogens is 335 g/mol. The van der Waals surface area contributed by atoms with Crippen LogP contribution in [0.1, 0.15) is 27.9 Å². The number of pyridine rings is 1. The second-order valence-corrected chi connectivity index (χ2v) is 5.76. The van der Waals surface area contributed by atoms with Crippen LogP contribution in [-0.2, 0) is 0 Å². The highest BCUT2D eigenvalue weighted by atomic mass is 19.4. The van der Waals surface area contributed by atoms with Gasteiger partial charge in [-0.25, -0.2) is 0 Å². The highest BCUT2D eigenvalue weighted by Crippen LogP contribution is 2.41. The van der Waals surface area contributed by atoms with Gasteiger partial charge in [-0.15, -0.1) is 0 Å². The number of aromatic nitrogens is 1. The molecule has 1 aliphatic heterocycles. The quantitative estimate of drug-likeness (QED) is 0.907. The number of alkyl halides is 3. The topological polar surface area (TPSA) is 65.8 Å². The molecule has 25 heavy (non-hydrogen) atoms. The first-order chi connectivity index (χ1) is 11.7. The summed E-state index contributed by atoms with van der Waals surface area (Å²) in [6.07, 6.45) is -3.40. The van der Waals surface area contributed by atoms with Crippen molar-refractivity contribution < 1.29 is 23.1 Å². The third kappa shape index (κ3) is 3.00. The normalized spacial score (nSPS) is 20.5. The molecule has 1 N–H and O–H groups in total. The molecule has 0 aliphatic carbocycles. The molecule has 2 aromatic rings. The lowest BCUT2D eigenvalue weighted by atomic mass is 10.00. The zero-order valence-electron chi connectivity index (χ0n) is 13.2. The highest BCUT2D eigenvalue weighted by molar-refractivity contribution is 6.05. The van der Waals surface area contributed by atoms with Crippen LogP contribution in [0.4, 0.5) is 13.2 Å². The Labute approximate surface area is 141 Å². The van der Waals surface area contributed by atoms with Crippen molar-refractivity contribution in [3.63, 3.8) is 0 Å². The van der Waals surface area contributed by atoms with Crippen molar-refractivity contribution in [3.8, 4) is 0 Å². The molecule has 1 aromatic heterocycles. The smallest absolute Gasteiger partial charge is 0.362 e. The van der Waals surface area contributed by atoms with Crippen LogP contribution in [-0.4, -0.2) is 38.6 Å². The van der Waals surface area contributed by atoms with E-state index in [0.29, 0.717) is 5.56 Å². The number of hydrazone groups is 1. The second kappa shape index (κ2) is 5.96. The van der Waals surface area contributed by atoms with Gasteiger partial charge in [0.2, 0.25) is 0 Å². The molecular formula is C17H14F3N3O2. The molecule has 0 unspecified atom stereocenters. The van der Waals surface area contributed by atoms with E-state index < -0.39 is 24.2 Å². The lowest BCUT2D eigenvalue weighted by Crippen LogP contribution is -2.56. The van der Waals surface area contributed by atoms with E-state index in [0.717, 1.165) is 11.8 Å². The monoisotopic (exact) mass is 349 g/mol. The van der Waals surface area contributed by atoms with Gasteiger partial charge in [-0.3, -0.25) is 9.78 Å². The fraction of sp³-hybridized carbons (Fsp3) is 0.235. The number of carbonyl (C=O) groups is 1. The zero-order valence-corrected chi connectivity index (χ0v) is 13.2. The SMILES string of the molecule is Cc1ccc(C2=NN(C(=O)c3cccnc3)[C@@](O)(C(F)(F)F)C2)cc1. The molecule has 0 spiro atoms. The van der Waals surface area contributed by atoms with Gasteiger partial charge in [0.05, 0.1) is 17.7 Å². The summed E-state index contributed by atoms with van der Waals surface area (Å²) in [7, 11) is 0. The van der Waals surface area contributed by atoms with E-state index in [4.69, 9.17) is 0 Å². The fourth-order valence-corrected chi connectivity index (χ4v) is 2.50. The Bertz CT molecular complexity index is 819. The molecule has 130 valence electrons. The summed E-state index contributed by atoms with van der Waals surface area (Å²) < 4.78 is 40.5. The maximum Gasteiger partial charge on any atom is 0.438 e. The minimum Gasteiger partial charge on any atom is -0.362 e. The lowest BCUT2D eigenvalue weighted by Gasteiger charge is -2.32. The van der Waals surface area contributed by atoms with Gasteiger partial charge in [0.15, 0.2) is 0 Å². The van der Waals surface area contributed by atoms with Gasteiger partial charge >= 0.3 is 6.18 Å². The first-order valence-electron chi connectivity index (χ1n) is 7.40. The lowest BCUT2D eigenvalue weighted by molar-refractivity contribution is -0.297. The van der Waals surface area contributed by atoms with Gasteiger partial charge in [0.25, 0.3) is 11.6 Å². The molecule has 0 saturated heterocycles. The number of nitrogens with zero attached hydrogens (tertiary/aromatic N) is 3. The van der Waals surface area contributed by atoms with Crippen LogP contribution in [0.25, 0.3) is 0 Å². The van der Waals surface area contributed by atoms with Gasteiger partial charge in [0.1, 0.15) is 0 Å². The largest absolute Gasteiger partial charge is 0.438 e. The fourth-order valence-electron chi connectivity index (χ4n) is 2.50. The van der Waals surface area contributed by atoms with Crippen molar-refractivity contribution in [2.24, 2.45) is 5.10 Å². The average Bonchev–Trinajstić information content (AvgIpc) is 2.94. The number of benzene rings is 1. The summed E-state index contributed by atoms with van der Waals surface area (Å²) >= 11 is 0. The van der Waals surface area contributed by atoms with Crippen molar-refractivity contribution in [2.45, 2.75) is 25.2 Å². The number of aryl methyl sites for hydroxylation is 1. The first-order valence-corrected chi connectivity index (χ1v) is 7.40. The van der Waals surface area contributed by atoms with Crippen molar-refractivity contribution >= 4 is 11.6 Å². The zero-order chi connectivity index (χ0) is 18.2. The number of hydrogen-bond donors (Lipinski definition) is 1. The number of carbonyl (C=O) groups excluding carboxylic acids is 1. The molecule has 5 nitrogen and oxygen atoms in total. The van der Waals surface area contributed by atoms with Crippen molar-refractivity contribution in [3.05, 3.63) is 65.5 Å². The number of rotatable bonds is 2. The third-order valence-electron chi connectivity index (χ3n) is 3.92. The van der Waals surface area contributed by atoms with Crippen LogP contribution in [0.5, 0.6) is 0 Å². The van der Waals surface area contributed by atoms with Crippen LogP contribution in [0, 0.1) is 6.92 Å². The van der Waals surface area contributed by atoms with Crippen LogP contribution >= 0.6 is 0 Å². The van der Waals surface area contributed by atoms with E-state index in [1.807, 2.05) is 6.92 Å².